The number of carbonyl (C=O) groups excluding carboxylic acids is 1. The van der Waals surface area contributed by atoms with E-state index in [0.717, 1.165) is 30.8 Å². The zero-order valence-electron chi connectivity index (χ0n) is 21.8. The van der Waals surface area contributed by atoms with Gasteiger partial charge in [-0.1, -0.05) is 38.1 Å². The van der Waals surface area contributed by atoms with Crippen molar-refractivity contribution in [1.82, 2.24) is 19.7 Å². The quantitative estimate of drug-likeness (QED) is 0.251. The minimum absolute atomic E-state index is 0.0664. The number of halogens is 1. The Morgan fingerprint density at radius 2 is 1.89 bits per heavy atom. The van der Waals surface area contributed by atoms with Crippen LogP contribution in [0.15, 0.2) is 60.8 Å². The maximum atomic E-state index is 15.5. The highest BCUT2D eigenvalue weighted by Gasteiger charge is 2.25. The van der Waals surface area contributed by atoms with Crippen LogP contribution in [0.5, 0.6) is 0 Å². The summed E-state index contributed by atoms with van der Waals surface area (Å²) in [6.45, 7) is 4.11. The Balaban J connectivity index is 1.52. The Morgan fingerprint density at radius 3 is 2.55 bits per heavy atom. The van der Waals surface area contributed by atoms with Gasteiger partial charge in [0.2, 0.25) is 0 Å². The minimum Gasteiger partial charge on any atom is -0.382 e. The number of nitrogen functional groups attached to an aromatic ring is 1. The van der Waals surface area contributed by atoms with Gasteiger partial charge < -0.3 is 21.7 Å². The molecule has 9 heteroatoms. The lowest BCUT2D eigenvalue weighted by Crippen LogP contribution is -2.26. The molecule has 5 rings (SSSR count). The summed E-state index contributed by atoms with van der Waals surface area (Å²) in [6.07, 6.45) is 6.88. The number of hydrogen-bond donors (Lipinski definition) is 4. The number of hydrogen-bond acceptors (Lipinski definition) is 5. The lowest BCUT2D eigenvalue weighted by atomic mass is 9.93. The van der Waals surface area contributed by atoms with Crippen molar-refractivity contribution < 1.29 is 9.18 Å². The third-order valence-electron chi connectivity index (χ3n) is 6.89. The Morgan fingerprint density at radius 1 is 1.13 bits per heavy atom. The first-order chi connectivity index (χ1) is 18.4. The number of fused-ring (bicyclic) bond motifs is 1. The highest BCUT2D eigenvalue weighted by Crippen LogP contribution is 2.37. The monoisotopic (exact) mass is 513 g/mol. The summed E-state index contributed by atoms with van der Waals surface area (Å²) in [5.74, 6) is 0.629. The molecule has 1 aliphatic rings. The Hall–Kier alpha value is -4.24. The second kappa shape index (κ2) is 10.6. The molecular weight excluding hydrogens is 481 g/mol. The molecule has 0 spiro atoms. The van der Waals surface area contributed by atoms with E-state index in [9.17, 15) is 4.79 Å². The fourth-order valence-corrected chi connectivity index (χ4v) is 4.90. The third-order valence-corrected chi connectivity index (χ3v) is 6.89. The maximum Gasteiger partial charge on any atom is 0.323 e. The van der Waals surface area contributed by atoms with Crippen molar-refractivity contribution in [2.24, 2.45) is 0 Å². The molecule has 2 aromatic carbocycles. The number of benzene rings is 2. The van der Waals surface area contributed by atoms with Crippen molar-refractivity contribution in [2.75, 3.05) is 23.4 Å². The van der Waals surface area contributed by atoms with E-state index in [1.165, 1.54) is 11.6 Å². The van der Waals surface area contributed by atoms with Crippen LogP contribution in [0.2, 0.25) is 0 Å². The number of nitrogens with one attached hydrogen (secondary N) is 3. The second-order valence-electron chi connectivity index (χ2n) is 9.82. The molecule has 2 amide bonds. The molecule has 0 radical (unpaired) electrons. The predicted octanol–water partition coefficient (Wildman–Crippen LogP) is 6.04. The van der Waals surface area contributed by atoms with Gasteiger partial charge in [-0.15, -0.1) is 0 Å². The molecule has 2 heterocycles. The summed E-state index contributed by atoms with van der Waals surface area (Å²) >= 11 is 0. The van der Waals surface area contributed by atoms with Crippen molar-refractivity contribution >= 4 is 34.3 Å². The smallest absolute Gasteiger partial charge is 0.323 e. The number of carbonyl (C=O) groups is 1. The average molecular weight is 514 g/mol. The van der Waals surface area contributed by atoms with Crippen LogP contribution in [-0.2, 0) is 0 Å². The van der Waals surface area contributed by atoms with E-state index in [0.29, 0.717) is 34.2 Å². The molecule has 1 aliphatic carbocycles. The number of nitrogens with zero attached hydrogens (tertiary/aromatic N) is 3. The number of allylic oxidation sites excluding steroid dienone is 1. The fourth-order valence-electron chi connectivity index (χ4n) is 4.90. The SMILES string of the molecule is CNC1CC=C(c2cnc(N)c3c(-c4ccc(NC(=O)Nc5ccccc5)cc4F)nc(C(C)C)n23)CC1. The molecule has 1 unspecified atom stereocenters. The largest absolute Gasteiger partial charge is 0.382 e. The fraction of sp³-hybridized carbons (Fsp3) is 0.276. The molecule has 0 aliphatic heterocycles. The summed E-state index contributed by atoms with van der Waals surface area (Å²) in [7, 11) is 1.98. The lowest BCUT2D eigenvalue weighted by Gasteiger charge is -2.22. The Kier molecular flexibility index (Phi) is 7.11. The van der Waals surface area contributed by atoms with E-state index in [1.54, 1.807) is 30.5 Å². The summed E-state index contributed by atoms with van der Waals surface area (Å²) in [5, 5.41) is 8.74. The molecule has 0 fully saturated rings. The van der Waals surface area contributed by atoms with Crippen LogP contribution >= 0.6 is 0 Å². The first kappa shape index (κ1) is 25.4. The summed E-state index contributed by atoms with van der Waals surface area (Å²) in [5.41, 5.74) is 10.8. The second-order valence-corrected chi connectivity index (χ2v) is 9.82. The minimum atomic E-state index is -0.517. The topological polar surface area (TPSA) is 109 Å². The highest BCUT2D eigenvalue weighted by atomic mass is 19.1. The van der Waals surface area contributed by atoms with Gasteiger partial charge in [0.1, 0.15) is 28.7 Å². The lowest BCUT2D eigenvalue weighted by molar-refractivity contribution is 0.262. The highest BCUT2D eigenvalue weighted by molar-refractivity contribution is 6.00. The number of aromatic nitrogens is 3. The van der Waals surface area contributed by atoms with Crippen LogP contribution in [0.3, 0.4) is 0 Å². The van der Waals surface area contributed by atoms with Gasteiger partial charge in [-0.25, -0.2) is 19.2 Å². The van der Waals surface area contributed by atoms with Gasteiger partial charge in [0, 0.05) is 28.9 Å². The predicted molar refractivity (Wildman–Crippen MR) is 151 cm³/mol. The van der Waals surface area contributed by atoms with Gasteiger partial charge >= 0.3 is 6.03 Å². The number of para-hydroxylation sites is 1. The van der Waals surface area contributed by atoms with E-state index in [1.807, 2.05) is 29.6 Å². The van der Waals surface area contributed by atoms with Gasteiger partial charge in [-0.3, -0.25) is 4.40 Å². The van der Waals surface area contributed by atoms with Gasteiger partial charge in [0.15, 0.2) is 0 Å². The van der Waals surface area contributed by atoms with Crippen molar-refractivity contribution in [3.05, 3.63) is 78.1 Å². The normalized spacial score (nSPS) is 15.5. The van der Waals surface area contributed by atoms with E-state index in [-0.39, 0.29) is 11.7 Å². The zero-order chi connectivity index (χ0) is 26.8. The van der Waals surface area contributed by atoms with Gasteiger partial charge in [0.25, 0.3) is 0 Å². The van der Waals surface area contributed by atoms with Gasteiger partial charge in [-0.2, -0.15) is 0 Å². The molecule has 8 nitrogen and oxygen atoms in total. The number of amides is 2. The van der Waals surface area contributed by atoms with Gasteiger partial charge in [-0.05, 0) is 62.2 Å². The van der Waals surface area contributed by atoms with Crippen molar-refractivity contribution in [3.63, 3.8) is 0 Å². The van der Waals surface area contributed by atoms with E-state index >= 15 is 4.39 Å². The Labute approximate surface area is 221 Å². The molecule has 4 aromatic rings. The van der Waals surface area contributed by atoms with Gasteiger partial charge in [0.05, 0.1) is 11.9 Å². The van der Waals surface area contributed by atoms with E-state index in [4.69, 9.17) is 10.7 Å². The molecule has 196 valence electrons. The number of urea groups is 1. The standard InChI is InChI=1S/C29H32FN7O/c1-17(2)28-36-25(26-27(31)33-16-24(37(26)28)18-9-11-19(32-3)12-10-18)22-14-13-21(15-23(22)30)35-29(38)34-20-7-5-4-6-8-20/h4-9,13-17,19,32H,10-12H2,1-3H3,(H2,31,33)(H2,34,35,38). The molecule has 0 bridgehead atoms. The number of nitrogens with two attached hydrogens (primary N) is 1. The molecule has 2 aromatic heterocycles. The average Bonchev–Trinajstić information content (AvgIpc) is 3.31. The molecule has 0 saturated heterocycles. The van der Waals surface area contributed by atoms with Crippen molar-refractivity contribution in [3.8, 4) is 11.3 Å². The van der Waals surface area contributed by atoms with Crippen LogP contribution in [-0.4, -0.2) is 33.5 Å². The first-order valence-corrected chi connectivity index (χ1v) is 12.8. The van der Waals surface area contributed by atoms with Crippen LogP contribution in [0.1, 0.15) is 50.5 Å². The number of anilines is 3. The molecule has 0 saturated carbocycles. The third kappa shape index (κ3) is 4.97. The molecular formula is C29H32FN7O. The van der Waals surface area contributed by atoms with E-state index < -0.39 is 11.8 Å². The number of imidazole rings is 1. The molecule has 5 N–H and O–H groups in total. The van der Waals surface area contributed by atoms with Crippen LogP contribution in [0.4, 0.5) is 26.4 Å². The van der Waals surface area contributed by atoms with Crippen molar-refractivity contribution in [1.29, 1.82) is 0 Å². The summed E-state index contributed by atoms with van der Waals surface area (Å²) < 4.78 is 17.6. The van der Waals surface area contributed by atoms with E-state index in [2.05, 4.69) is 40.9 Å². The van der Waals surface area contributed by atoms with Crippen molar-refractivity contribution in [2.45, 2.75) is 45.1 Å². The molecule has 1 atom stereocenters. The van der Waals surface area contributed by atoms with Crippen LogP contribution < -0.4 is 21.7 Å². The first-order valence-electron chi connectivity index (χ1n) is 12.8. The summed E-state index contributed by atoms with van der Waals surface area (Å²) in [6, 6.07) is 13.6. The van der Waals surface area contributed by atoms with Crippen LogP contribution in [0, 0.1) is 5.82 Å². The summed E-state index contributed by atoms with van der Waals surface area (Å²) in [4.78, 5) is 21.7. The number of rotatable bonds is 6. The Bertz CT molecular complexity index is 1510. The van der Waals surface area contributed by atoms with Crippen LogP contribution in [0.25, 0.3) is 22.3 Å². The zero-order valence-corrected chi connectivity index (χ0v) is 21.8. The maximum absolute atomic E-state index is 15.5. The molecule has 38 heavy (non-hydrogen) atoms.